The van der Waals surface area contributed by atoms with Crippen LogP contribution in [0.25, 0.3) is 11.1 Å². The lowest BCUT2D eigenvalue weighted by Crippen LogP contribution is -2.50. The number of carboxylic acid groups (broad SMARTS) is 1. The zero-order valence-electron chi connectivity index (χ0n) is 21.9. The second kappa shape index (κ2) is 11.5. The number of aliphatic carboxylic acids is 1. The maximum Gasteiger partial charge on any atom is 0.329 e. The van der Waals surface area contributed by atoms with Gasteiger partial charge in [-0.25, -0.2) is 4.79 Å². The lowest BCUT2D eigenvalue weighted by atomic mass is 9.88. The maximum absolute atomic E-state index is 12.2. The Morgan fingerprint density at radius 1 is 1.11 bits per heavy atom. The van der Waals surface area contributed by atoms with E-state index in [1.165, 1.54) is 12.8 Å². The molecule has 0 amide bonds. The first kappa shape index (κ1) is 26.3. The normalized spacial score (nSPS) is 17.7. The van der Waals surface area contributed by atoms with Crippen LogP contribution in [0.5, 0.6) is 11.5 Å². The quantitative estimate of drug-likeness (QED) is 0.432. The number of hydrogen-bond donors (Lipinski definition) is 2. The van der Waals surface area contributed by atoms with E-state index in [0.29, 0.717) is 32.7 Å². The van der Waals surface area contributed by atoms with Crippen molar-refractivity contribution in [2.45, 2.75) is 77.0 Å². The number of benzene rings is 2. The second-order valence-corrected chi connectivity index (χ2v) is 9.83. The molecule has 1 saturated carbocycles. The molecule has 0 atom stereocenters. The SMILES string of the molecule is CCc1c(-c2ccc(NC3(C(=O)O)CCOCC3)cc2COC2CCCC2)cc(OC)c(C)c1OC. The number of methoxy groups -OCH3 is 2. The number of nitrogens with one attached hydrogen (secondary N) is 1. The Morgan fingerprint density at radius 2 is 1.83 bits per heavy atom. The summed E-state index contributed by atoms with van der Waals surface area (Å²) < 4.78 is 23.3. The van der Waals surface area contributed by atoms with Crippen LogP contribution in [0, 0.1) is 6.92 Å². The van der Waals surface area contributed by atoms with Crippen molar-refractivity contribution in [2.24, 2.45) is 0 Å². The molecule has 1 saturated heterocycles. The summed E-state index contributed by atoms with van der Waals surface area (Å²) in [5.74, 6) is 0.764. The first-order valence-electron chi connectivity index (χ1n) is 13.0. The molecule has 7 heteroatoms. The lowest BCUT2D eigenvalue weighted by molar-refractivity contribution is -0.145. The van der Waals surface area contributed by atoms with Crippen molar-refractivity contribution in [1.82, 2.24) is 0 Å². The van der Waals surface area contributed by atoms with Crippen LogP contribution < -0.4 is 14.8 Å². The van der Waals surface area contributed by atoms with Crippen molar-refractivity contribution in [3.8, 4) is 22.6 Å². The predicted molar refractivity (Wildman–Crippen MR) is 140 cm³/mol. The molecule has 1 aliphatic heterocycles. The average molecular weight is 498 g/mol. The molecule has 4 rings (SSSR count). The molecule has 0 bridgehead atoms. The van der Waals surface area contributed by atoms with Crippen LogP contribution >= 0.6 is 0 Å². The largest absolute Gasteiger partial charge is 0.496 e. The molecule has 2 fully saturated rings. The highest BCUT2D eigenvalue weighted by atomic mass is 16.5. The number of ether oxygens (including phenoxy) is 4. The molecule has 2 aliphatic rings. The highest BCUT2D eigenvalue weighted by molar-refractivity contribution is 5.84. The Bertz CT molecular complexity index is 1070. The molecule has 2 N–H and O–H groups in total. The lowest BCUT2D eigenvalue weighted by Gasteiger charge is -2.35. The fourth-order valence-electron chi connectivity index (χ4n) is 5.57. The fourth-order valence-corrected chi connectivity index (χ4v) is 5.57. The van der Waals surface area contributed by atoms with E-state index in [9.17, 15) is 9.90 Å². The van der Waals surface area contributed by atoms with Gasteiger partial charge in [-0.2, -0.15) is 0 Å². The topological polar surface area (TPSA) is 86.3 Å². The van der Waals surface area contributed by atoms with Crippen molar-refractivity contribution in [3.63, 3.8) is 0 Å². The van der Waals surface area contributed by atoms with Crippen LogP contribution in [0.1, 0.15) is 62.1 Å². The smallest absolute Gasteiger partial charge is 0.329 e. The van der Waals surface area contributed by atoms with E-state index >= 15 is 0 Å². The molecule has 196 valence electrons. The Labute approximate surface area is 214 Å². The van der Waals surface area contributed by atoms with E-state index in [1.807, 2.05) is 19.1 Å². The van der Waals surface area contributed by atoms with Crippen LogP contribution in [0.4, 0.5) is 5.69 Å². The van der Waals surface area contributed by atoms with Gasteiger partial charge in [0.15, 0.2) is 0 Å². The Kier molecular flexibility index (Phi) is 8.42. The van der Waals surface area contributed by atoms with Crippen LogP contribution in [0.3, 0.4) is 0 Å². The molecule has 2 aromatic rings. The molecule has 0 unspecified atom stereocenters. The molecular weight excluding hydrogens is 458 g/mol. The minimum Gasteiger partial charge on any atom is -0.496 e. The van der Waals surface area contributed by atoms with Gasteiger partial charge < -0.3 is 29.4 Å². The third-order valence-corrected chi connectivity index (χ3v) is 7.67. The summed E-state index contributed by atoms with van der Waals surface area (Å²) in [4.78, 5) is 12.2. The van der Waals surface area contributed by atoms with Gasteiger partial charge in [0, 0.05) is 42.9 Å². The van der Waals surface area contributed by atoms with Gasteiger partial charge in [0.1, 0.15) is 17.0 Å². The van der Waals surface area contributed by atoms with Crippen molar-refractivity contribution in [2.75, 3.05) is 32.8 Å². The standard InChI is InChI=1S/C29H39NO6/c1-5-23-25(17-26(33-3)19(2)27(23)34-4)24-11-10-21(16-20(24)18-36-22-8-6-7-9-22)30-29(28(31)32)12-14-35-15-13-29/h10-11,16-17,22,30H,5-9,12-15,18H2,1-4H3,(H,31,32). The maximum atomic E-state index is 12.2. The molecule has 2 aromatic carbocycles. The molecule has 1 heterocycles. The minimum atomic E-state index is -1.03. The molecular formula is C29H39NO6. The summed E-state index contributed by atoms with van der Waals surface area (Å²) in [5, 5.41) is 13.4. The van der Waals surface area contributed by atoms with E-state index in [-0.39, 0.29) is 6.10 Å². The first-order chi connectivity index (χ1) is 17.4. The highest BCUT2D eigenvalue weighted by Crippen LogP contribution is 2.42. The number of carbonyl (C=O) groups is 1. The van der Waals surface area contributed by atoms with Gasteiger partial charge in [0.2, 0.25) is 0 Å². The van der Waals surface area contributed by atoms with E-state index in [0.717, 1.165) is 64.3 Å². The van der Waals surface area contributed by atoms with Crippen LogP contribution in [0.2, 0.25) is 0 Å². The highest BCUT2D eigenvalue weighted by Gasteiger charge is 2.40. The fraction of sp³-hybridized carbons (Fsp3) is 0.552. The van der Waals surface area contributed by atoms with E-state index in [4.69, 9.17) is 18.9 Å². The van der Waals surface area contributed by atoms with E-state index in [2.05, 4.69) is 24.4 Å². The van der Waals surface area contributed by atoms with Gasteiger partial charge >= 0.3 is 5.97 Å². The van der Waals surface area contributed by atoms with Crippen LogP contribution in [0.15, 0.2) is 24.3 Å². The van der Waals surface area contributed by atoms with E-state index < -0.39 is 11.5 Å². The number of carboxylic acids is 1. The Morgan fingerprint density at radius 3 is 2.44 bits per heavy atom. The monoisotopic (exact) mass is 497 g/mol. The summed E-state index contributed by atoms with van der Waals surface area (Å²) >= 11 is 0. The molecule has 36 heavy (non-hydrogen) atoms. The molecule has 7 nitrogen and oxygen atoms in total. The third kappa shape index (κ3) is 5.32. The van der Waals surface area contributed by atoms with E-state index in [1.54, 1.807) is 14.2 Å². The third-order valence-electron chi connectivity index (χ3n) is 7.67. The molecule has 0 radical (unpaired) electrons. The van der Waals surface area contributed by atoms with Crippen LogP contribution in [-0.4, -0.2) is 50.2 Å². The zero-order chi connectivity index (χ0) is 25.7. The van der Waals surface area contributed by atoms with Crippen molar-refractivity contribution in [3.05, 3.63) is 41.0 Å². The predicted octanol–water partition coefficient (Wildman–Crippen LogP) is 5.75. The van der Waals surface area contributed by atoms with Gasteiger partial charge in [-0.3, -0.25) is 0 Å². The van der Waals surface area contributed by atoms with Crippen LogP contribution in [-0.2, 0) is 27.3 Å². The van der Waals surface area contributed by atoms with Gasteiger partial charge in [-0.15, -0.1) is 0 Å². The van der Waals surface area contributed by atoms with Crippen molar-refractivity contribution in [1.29, 1.82) is 0 Å². The average Bonchev–Trinajstić information content (AvgIpc) is 3.41. The summed E-state index contributed by atoms with van der Waals surface area (Å²) in [6, 6.07) is 8.15. The second-order valence-electron chi connectivity index (χ2n) is 9.83. The summed E-state index contributed by atoms with van der Waals surface area (Å²) in [5.41, 5.74) is 4.94. The number of rotatable bonds is 10. The Balaban J connectivity index is 1.77. The molecule has 0 spiro atoms. The number of anilines is 1. The van der Waals surface area contributed by atoms with Gasteiger partial charge in [-0.1, -0.05) is 25.8 Å². The number of hydrogen-bond acceptors (Lipinski definition) is 6. The molecule has 0 aromatic heterocycles. The minimum absolute atomic E-state index is 0.267. The van der Waals surface area contributed by atoms with Crippen molar-refractivity contribution < 1.29 is 28.8 Å². The first-order valence-corrected chi connectivity index (χ1v) is 13.0. The molecule has 1 aliphatic carbocycles. The van der Waals surface area contributed by atoms with Gasteiger partial charge in [-0.05, 0) is 61.1 Å². The van der Waals surface area contributed by atoms with Crippen molar-refractivity contribution >= 4 is 11.7 Å². The zero-order valence-corrected chi connectivity index (χ0v) is 21.9. The van der Waals surface area contributed by atoms with Gasteiger partial charge in [0.25, 0.3) is 0 Å². The summed E-state index contributed by atoms with van der Waals surface area (Å²) in [7, 11) is 3.37. The summed E-state index contributed by atoms with van der Waals surface area (Å²) in [6.45, 7) is 5.45. The summed E-state index contributed by atoms with van der Waals surface area (Å²) in [6.07, 6.45) is 6.48. The Hall–Kier alpha value is -2.77. The van der Waals surface area contributed by atoms with Gasteiger partial charge in [0.05, 0.1) is 26.9 Å².